The smallest absolute Gasteiger partial charge is 0.288 e. The van der Waals surface area contributed by atoms with E-state index >= 15 is 0 Å². The van der Waals surface area contributed by atoms with Gasteiger partial charge < -0.3 is 4.74 Å². The Morgan fingerprint density at radius 2 is 1.84 bits per heavy atom. The van der Waals surface area contributed by atoms with Crippen LogP contribution in [0.5, 0.6) is 5.75 Å². The van der Waals surface area contributed by atoms with Crippen LogP contribution >= 0.6 is 23.2 Å². The summed E-state index contributed by atoms with van der Waals surface area (Å²) < 4.78 is 5.50. The molecule has 0 aliphatic rings. The van der Waals surface area contributed by atoms with E-state index in [0.29, 0.717) is 10.8 Å². The van der Waals surface area contributed by atoms with Crippen LogP contribution in [-0.4, -0.2) is 4.92 Å². The van der Waals surface area contributed by atoms with Crippen LogP contribution in [0.3, 0.4) is 0 Å². The van der Waals surface area contributed by atoms with E-state index in [9.17, 15) is 10.1 Å². The highest BCUT2D eigenvalue weighted by atomic mass is 35.5. The molecule has 0 aromatic heterocycles. The molecule has 0 radical (unpaired) electrons. The summed E-state index contributed by atoms with van der Waals surface area (Å²) in [5, 5.41) is 11.3. The molecule has 98 valence electrons. The van der Waals surface area contributed by atoms with Gasteiger partial charge in [-0.15, -0.1) is 0 Å². The Hall–Kier alpha value is -1.78. The van der Waals surface area contributed by atoms with Crippen molar-refractivity contribution in [2.45, 2.75) is 6.61 Å². The molecule has 0 atom stereocenters. The Morgan fingerprint density at radius 3 is 2.47 bits per heavy atom. The lowest BCUT2D eigenvalue weighted by Crippen LogP contribution is -1.97. The molecule has 6 heteroatoms. The molecule has 0 N–H and O–H groups in total. The second-order valence-corrected chi connectivity index (χ2v) is 4.56. The van der Waals surface area contributed by atoms with Crippen LogP contribution in [0.25, 0.3) is 0 Å². The molecule has 2 aromatic rings. The molecular weight excluding hydrogens is 289 g/mol. The van der Waals surface area contributed by atoms with Crippen molar-refractivity contribution in [3.63, 3.8) is 0 Å². The Kier molecular flexibility index (Phi) is 4.24. The van der Waals surface area contributed by atoms with Crippen molar-refractivity contribution in [1.29, 1.82) is 0 Å². The van der Waals surface area contributed by atoms with Gasteiger partial charge in [-0.25, -0.2) is 0 Å². The molecule has 0 aliphatic heterocycles. The second kappa shape index (κ2) is 5.91. The first kappa shape index (κ1) is 13.6. The predicted octanol–water partition coefficient (Wildman–Crippen LogP) is 4.48. The molecule has 19 heavy (non-hydrogen) atoms. The Labute approximate surface area is 119 Å². The Morgan fingerprint density at radius 1 is 1.11 bits per heavy atom. The summed E-state index contributed by atoms with van der Waals surface area (Å²) in [5.74, 6) is 0.454. The minimum absolute atomic E-state index is 0.0432. The Bertz CT molecular complexity index is 617. The zero-order valence-corrected chi connectivity index (χ0v) is 11.2. The minimum Gasteiger partial charge on any atom is -0.489 e. The van der Waals surface area contributed by atoms with Gasteiger partial charge in [0.1, 0.15) is 17.4 Å². The molecule has 0 unspecified atom stereocenters. The van der Waals surface area contributed by atoms with Gasteiger partial charge in [-0.2, -0.15) is 0 Å². The van der Waals surface area contributed by atoms with Crippen molar-refractivity contribution in [3.8, 4) is 5.75 Å². The first-order valence-corrected chi connectivity index (χ1v) is 6.13. The monoisotopic (exact) mass is 297 g/mol. The molecule has 2 rings (SSSR count). The summed E-state index contributed by atoms with van der Waals surface area (Å²) in [6.07, 6.45) is 0. The highest BCUT2D eigenvalue weighted by Crippen LogP contribution is 2.29. The maximum Gasteiger partial charge on any atom is 0.288 e. The first-order chi connectivity index (χ1) is 9.08. The van der Waals surface area contributed by atoms with Crippen molar-refractivity contribution in [1.82, 2.24) is 0 Å². The van der Waals surface area contributed by atoms with E-state index in [2.05, 4.69) is 0 Å². The highest BCUT2D eigenvalue weighted by molar-refractivity contribution is 6.32. The number of nitrogens with zero attached hydrogens (tertiary/aromatic N) is 1. The number of nitro groups is 1. The van der Waals surface area contributed by atoms with Gasteiger partial charge in [-0.1, -0.05) is 41.4 Å². The summed E-state index contributed by atoms with van der Waals surface area (Å²) in [5.41, 5.74) is 0.686. The molecule has 0 fully saturated rings. The lowest BCUT2D eigenvalue weighted by molar-refractivity contribution is -0.384. The van der Waals surface area contributed by atoms with Crippen molar-refractivity contribution < 1.29 is 9.66 Å². The van der Waals surface area contributed by atoms with Crippen LogP contribution in [0.15, 0.2) is 42.5 Å². The summed E-state index contributed by atoms with van der Waals surface area (Å²) in [4.78, 5) is 10.1. The average molecular weight is 298 g/mol. The van der Waals surface area contributed by atoms with E-state index in [0.717, 1.165) is 5.56 Å². The van der Waals surface area contributed by atoms with Gasteiger partial charge >= 0.3 is 0 Å². The quantitative estimate of drug-likeness (QED) is 0.617. The molecule has 0 aliphatic carbocycles. The van der Waals surface area contributed by atoms with E-state index < -0.39 is 4.92 Å². The molecule has 0 bridgehead atoms. The van der Waals surface area contributed by atoms with Gasteiger partial charge in [0.05, 0.1) is 4.92 Å². The third-order valence-corrected chi connectivity index (χ3v) is 3.14. The maximum absolute atomic E-state index is 10.6. The molecule has 0 amide bonds. The molecule has 4 nitrogen and oxygen atoms in total. The predicted molar refractivity (Wildman–Crippen MR) is 73.9 cm³/mol. The number of rotatable bonds is 4. The lowest BCUT2D eigenvalue weighted by Gasteiger charge is -2.08. The minimum atomic E-state index is -0.541. The molecule has 0 heterocycles. The normalized spacial score (nSPS) is 10.2. The topological polar surface area (TPSA) is 52.4 Å². The van der Waals surface area contributed by atoms with Gasteiger partial charge in [0.15, 0.2) is 0 Å². The van der Waals surface area contributed by atoms with Crippen LogP contribution in [0.4, 0.5) is 5.69 Å². The summed E-state index contributed by atoms with van der Waals surface area (Å²) >= 11 is 11.8. The van der Waals surface area contributed by atoms with Crippen molar-refractivity contribution >= 4 is 28.9 Å². The average Bonchev–Trinajstić information content (AvgIpc) is 2.37. The van der Waals surface area contributed by atoms with E-state index in [1.807, 2.05) is 18.2 Å². The van der Waals surface area contributed by atoms with Crippen molar-refractivity contribution in [2.75, 3.05) is 0 Å². The summed E-state index contributed by atoms with van der Waals surface area (Å²) in [7, 11) is 0. The molecule has 0 saturated carbocycles. The molecule has 0 saturated heterocycles. The molecular formula is C13H9Cl2NO3. The third-order valence-electron chi connectivity index (χ3n) is 2.47. The second-order valence-electron chi connectivity index (χ2n) is 3.75. The SMILES string of the molecule is O=[N+]([O-])c1ccc(OCc2ccccc2Cl)cc1Cl. The van der Waals surface area contributed by atoms with Crippen LogP contribution < -0.4 is 4.74 Å². The van der Waals surface area contributed by atoms with Crippen molar-refractivity contribution in [2.24, 2.45) is 0 Å². The van der Waals surface area contributed by atoms with Gasteiger partial charge in [0.25, 0.3) is 5.69 Å². The largest absolute Gasteiger partial charge is 0.489 e. The number of nitro benzene ring substituents is 1. The van der Waals surface area contributed by atoms with Crippen molar-refractivity contribution in [3.05, 3.63) is 68.2 Å². The van der Waals surface area contributed by atoms with Gasteiger partial charge in [-0.05, 0) is 12.1 Å². The number of hydrogen-bond acceptors (Lipinski definition) is 3. The molecule has 2 aromatic carbocycles. The van der Waals surface area contributed by atoms with Crippen LogP contribution in [0, 0.1) is 10.1 Å². The zero-order chi connectivity index (χ0) is 13.8. The zero-order valence-electron chi connectivity index (χ0n) is 9.68. The number of halogens is 2. The van der Waals surface area contributed by atoms with Crippen LogP contribution in [-0.2, 0) is 6.61 Å². The van der Waals surface area contributed by atoms with Crippen LogP contribution in [0.1, 0.15) is 5.56 Å². The maximum atomic E-state index is 10.6. The summed E-state index contributed by atoms with van der Waals surface area (Å²) in [6, 6.07) is 11.5. The fourth-order valence-electron chi connectivity index (χ4n) is 1.50. The van der Waals surface area contributed by atoms with Crippen LogP contribution in [0.2, 0.25) is 10.0 Å². The number of benzene rings is 2. The van der Waals surface area contributed by atoms with E-state index in [-0.39, 0.29) is 17.3 Å². The fraction of sp³-hybridized carbons (Fsp3) is 0.0769. The third kappa shape index (κ3) is 3.36. The van der Waals surface area contributed by atoms with E-state index in [1.165, 1.54) is 18.2 Å². The highest BCUT2D eigenvalue weighted by Gasteiger charge is 2.12. The fourth-order valence-corrected chi connectivity index (χ4v) is 1.93. The number of ether oxygens (including phenoxy) is 1. The lowest BCUT2D eigenvalue weighted by atomic mass is 10.2. The number of hydrogen-bond donors (Lipinski definition) is 0. The van der Waals surface area contributed by atoms with E-state index in [1.54, 1.807) is 6.07 Å². The first-order valence-electron chi connectivity index (χ1n) is 5.38. The standard InChI is InChI=1S/C13H9Cl2NO3/c14-11-4-2-1-3-9(11)8-19-10-5-6-13(16(17)18)12(15)7-10/h1-7H,8H2. The molecule has 0 spiro atoms. The van der Waals surface area contributed by atoms with E-state index in [4.69, 9.17) is 27.9 Å². The summed E-state index contributed by atoms with van der Waals surface area (Å²) in [6.45, 7) is 0.272. The Balaban J connectivity index is 2.11. The van der Waals surface area contributed by atoms with Gasteiger partial charge in [0, 0.05) is 22.7 Å². The van der Waals surface area contributed by atoms with Gasteiger partial charge in [0.2, 0.25) is 0 Å². The van der Waals surface area contributed by atoms with Gasteiger partial charge in [-0.3, -0.25) is 10.1 Å².